The predicted octanol–water partition coefficient (Wildman–Crippen LogP) is 10.5. The van der Waals surface area contributed by atoms with Gasteiger partial charge < -0.3 is 58.2 Å². The van der Waals surface area contributed by atoms with Gasteiger partial charge in [0.25, 0.3) is 0 Å². The topological polar surface area (TPSA) is 244 Å². The molecule has 23 nitrogen and oxygen atoms in total. The highest BCUT2D eigenvalue weighted by molar-refractivity contribution is 7.13. The molecular weight excluding hydrogens is 1250 g/mol. The van der Waals surface area contributed by atoms with E-state index in [0.29, 0.717) is 79.8 Å². The van der Waals surface area contributed by atoms with E-state index in [9.17, 15) is 24.3 Å². The molecule has 0 saturated carbocycles. The lowest BCUT2D eigenvalue weighted by Crippen LogP contribution is -2.57. The van der Waals surface area contributed by atoms with Crippen LogP contribution in [0, 0.1) is 18.7 Å². The van der Waals surface area contributed by atoms with Crippen LogP contribution in [-0.4, -0.2) is 195 Å². The van der Waals surface area contributed by atoms with Crippen molar-refractivity contribution in [3.05, 3.63) is 101 Å². The van der Waals surface area contributed by atoms with Crippen LogP contribution in [-0.2, 0) is 30.2 Å². The third-order valence-corrected chi connectivity index (χ3v) is 21.2. The monoisotopic (exact) mass is 1330 g/mol. The number of halogens is 1. The summed E-state index contributed by atoms with van der Waals surface area (Å²) < 4.78 is 53.8. The van der Waals surface area contributed by atoms with Gasteiger partial charge in [0.05, 0.1) is 51.2 Å². The second-order valence-corrected chi connectivity index (χ2v) is 28.8. The number of methoxy groups -OCH3 is 1. The lowest BCUT2D eigenvalue weighted by molar-refractivity contribution is -0.141. The maximum Gasteiger partial charge on any atom is 0.410 e. The van der Waals surface area contributed by atoms with Crippen molar-refractivity contribution in [3.8, 4) is 33.5 Å². The highest BCUT2D eigenvalue weighted by Gasteiger charge is 2.51. The number of piperazine rings is 2. The summed E-state index contributed by atoms with van der Waals surface area (Å²) in [6.07, 6.45) is 5.71. The summed E-state index contributed by atoms with van der Waals surface area (Å²) in [5, 5.41) is 20.5. The van der Waals surface area contributed by atoms with E-state index in [2.05, 4.69) is 32.2 Å². The van der Waals surface area contributed by atoms with Gasteiger partial charge in [0.2, 0.25) is 11.8 Å². The van der Waals surface area contributed by atoms with E-state index in [4.69, 9.17) is 43.2 Å². The van der Waals surface area contributed by atoms with Gasteiger partial charge in [-0.3, -0.25) is 24.4 Å². The van der Waals surface area contributed by atoms with E-state index in [1.54, 1.807) is 41.7 Å². The third kappa shape index (κ3) is 13.2. The Bertz CT molecular complexity index is 4010. The first kappa shape index (κ1) is 66.4. The quantitative estimate of drug-likeness (QED) is 0.0715. The summed E-state index contributed by atoms with van der Waals surface area (Å²) in [4.78, 5) is 87.8. The van der Waals surface area contributed by atoms with Crippen LogP contribution in [0.3, 0.4) is 0 Å². The van der Waals surface area contributed by atoms with Crippen molar-refractivity contribution in [2.24, 2.45) is 5.92 Å². The molecule has 96 heavy (non-hydrogen) atoms. The highest BCUT2D eigenvalue weighted by atomic mass is 32.1. The number of thiazole rings is 1. The SMILES string of the molecule is CCc1cccc2cc(OCOC)cc(-c3ncc4c(N5CC6CCC(C5)N6C(=O)OC(C)(C)C)nc(OC[C@]56CCCN5[C@@H](COC(=O)N5CCN(c7cc([C@H](C(=O)N8C[C@H](O)C[C@H]8C(=O)N[C@@H](C)c8ccc(-c9scnc9C)cc8)C(C)C)on7)CC5)CC6)nc4c3F)c12. The van der Waals surface area contributed by atoms with Gasteiger partial charge in [-0.2, -0.15) is 9.97 Å². The number of aryl methyl sites for hydroxylation is 2. The van der Waals surface area contributed by atoms with Crippen LogP contribution in [0.25, 0.3) is 43.4 Å². The summed E-state index contributed by atoms with van der Waals surface area (Å²) in [6.45, 7) is 19.1. The standard InChI is InChI=1S/C71H87FN12O11S/c1-10-44-13-11-14-47-29-52(93-40-90-9)31-53(59(44)47)61-60(72)62-54(33-73-61)64(81-34-48-19-20-49(35-81)84(48)69(89)94-70(6,7)8)77-67(76-62)92-38-71-22-12-24-83(71)50(21-23-71)37-91-68(88)80-27-25-79(26-28-80)57-32-56(95-78-57)58(41(2)3)66(87)82-36-51(85)30-55(82)65(86)75-42(4)45-15-17-46(18-16-45)63-43(5)74-39-96-63/h11,13-18,29,31-33,39,41-42,48-51,55,58,85H,10,12,19-28,30,34-38,40H2,1-9H3,(H,75,86)/t42-,48?,49?,50+,51+,55-,58+,71+/m0/s1. The number of aliphatic hydroxyl groups excluding tert-OH is 1. The van der Waals surface area contributed by atoms with E-state index < -0.39 is 41.1 Å². The zero-order valence-corrected chi connectivity index (χ0v) is 57.0. The molecule has 25 heteroatoms. The van der Waals surface area contributed by atoms with Gasteiger partial charge in [0.1, 0.15) is 53.6 Å². The summed E-state index contributed by atoms with van der Waals surface area (Å²) in [7, 11) is 1.55. The number of rotatable bonds is 19. The van der Waals surface area contributed by atoms with Gasteiger partial charge in [-0.05, 0) is 132 Å². The van der Waals surface area contributed by atoms with Gasteiger partial charge in [-0.15, -0.1) is 11.3 Å². The Morgan fingerprint density at radius 2 is 1.67 bits per heavy atom. The van der Waals surface area contributed by atoms with Crippen LogP contribution in [0.1, 0.15) is 128 Å². The second-order valence-electron chi connectivity index (χ2n) is 28.0. The molecule has 0 spiro atoms. The average Bonchev–Trinajstić information content (AvgIpc) is 1.09. The van der Waals surface area contributed by atoms with Crippen molar-refractivity contribution in [2.45, 2.75) is 160 Å². The van der Waals surface area contributed by atoms with Gasteiger partial charge >= 0.3 is 18.2 Å². The Labute approximate surface area is 562 Å². The minimum absolute atomic E-state index is 0.00504. The number of aliphatic hydroxyl groups is 1. The van der Waals surface area contributed by atoms with Crippen LogP contribution in [0.4, 0.5) is 25.6 Å². The number of ether oxygens (including phenoxy) is 5. The minimum atomic E-state index is -0.877. The summed E-state index contributed by atoms with van der Waals surface area (Å²) in [6, 6.07) is 17.9. The van der Waals surface area contributed by atoms with Gasteiger partial charge in [-0.1, -0.05) is 68.4 Å². The molecule has 4 amide bonds. The Kier molecular flexibility index (Phi) is 18.9. The molecule has 0 aliphatic carbocycles. The summed E-state index contributed by atoms with van der Waals surface area (Å²) in [5.41, 5.74) is 5.43. The first-order valence-corrected chi connectivity index (χ1v) is 34.7. The fourth-order valence-electron chi connectivity index (χ4n) is 15.4. The number of amides is 4. The Hall–Kier alpha value is -8.26. The lowest BCUT2D eigenvalue weighted by atomic mass is 9.91. The van der Waals surface area contributed by atoms with Crippen LogP contribution >= 0.6 is 11.3 Å². The number of hydrogen-bond donors (Lipinski definition) is 2. The predicted molar refractivity (Wildman–Crippen MR) is 361 cm³/mol. The molecule has 6 aliphatic rings. The Balaban J connectivity index is 0.658. The molecule has 0 radical (unpaired) electrons. The molecule has 8 atom stereocenters. The van der Waals surface area contributed by atoms with Crippen LogP contribution in [0.5, 0.6) is 11.8 Å². The third-order valence-electron chi connectivity index (χ3n) is 20.2. The number of pyridine rings is 1. The molecule has 2 unspecified atom stereocenters. The molecule has 7 aromatic rings. The van der Waals surface area contributed by atoms with Crippen molar-refractivity contribution in [1.82, 2.24) is 50.0 Å². The number of β-amino-alcohol motifs (C(OH)–C–C–N with tert-alkyl or cyclic N) is 1. The van der Waals surface area contributed by atoms with E-state index >= 15 is 4.39 Å². The largest absolute Gasteiger partial charge is 0.468 e. The van der Waals surface area contributed by atoms with Crippen molar-refractivity contribution in [1.29, 1.82) is 0 Å². The number of nitrogens with one attached hydrogen (secondary N) is 1. The van der Waals surface area contributed by atoms with Crippen molar-refractivity contribution < 1.29 is 56.9 Å². The van der Waals surface area contributed by atoms with Crippen molar-refractivity contribution >= 4 is 68.6 Å². The van der Waals surface area contributed by atoms with Crippen molar-refractivity contribution in [3.63, 3.8) is 0 Å². The molecule has 4 aromatic heterocycles. The molecule has 10 heterocycles. The van der Waals surface area contributed by atoms with E-state index in [1.807, 2.05) is 112 Å². The smallest absolute Gasteiger partial charge is 0.410 e. The molecule has 3 aromatic carbocycles. The van der Waals surface area contributed by atoms with E-state index in [0.717, 1.165) is 83.1 Å². The second kappa shape index (κ2) is 27.3. The lowest BCUT2D eigenvalue weighted by Gasteiger charge is -2.42. The number of benzene rings is 3. The fourth-order valence-corrected chi connectivity index (χ4v) is 16.2. The van der Waals surface area contributed by atoms with Gasteiger partial charge in [0.15, 0.2) is 24.2 Å². The van der Waals surface area contributed by atoms with Crippen LogP contribution < -0.4 is 24.6 Å². The average molecular weight is 1340 g/mol. The molecule has 2 bridgehead atoms. The number of nitrogens with zero attached hydrogens (tertiary/aromatic N) is 11. The summed E-state index contributed by atoms with van der Waals surface area (Å²) in [5.74, 6) is -0.421. The van der Waals surface area contributed by atoms with Gasteiger partial charge in [-0.25, -0.2) is 19.0 Å². The molecule has 2 N–H and O–H groups in total. The highest BCUT2D eigenvalue weighted by Crippen LogP contribution is 2.45. The molecule has 13 rings (SSSR count). The van der Waals surface area contributed by atoms with E-state index in [-0.39, 0.29) is 98.2 Å². The first-order valence-electron chi connectivity index (χ1n) is 33.8. The fraction of sp³-hybridized carbons (Fsp3) is 0.535. The first-order chi connectivity index (χ1) is 46.2. The number of carbonyl (C=O) groups excluding carboxylic acids is 4. The molecule has 510 valence electrons. The number of aromatic nitrogens is 5. The molecule has 6 fully saturated rings. The number of anilines is 2. The van der Waals surface area contributed by atoms with Crippen LogP contribution in [0.15, 0.2) is 76.9 Å². The maximum atomic E-state index is 17.9. The molecule has 6 aliphatic heterocycles. The molecular formula is C71H87FN12O11S. The Morgan fingerprint density at radius 3 is 2.38 bits per heavy atom. The zero-order chi connectivity index (χ0) is 67.3. The van der Waals surface area contributed by atoms with Crippen molar-refractivity contribution in [2.75, 3.05) is 89.3 Å². The number of hydrogen-bond acceptors (Lipinski definition) is 20. The summed E-state index contributed by atoms with van der Waals surface area (Å²) >= 11 is 1.58. The van der Waals surface area contributed by atoms with Crippen LogP contribution in [0.2, 0.25) is 0 Å². The Morgan fingerprint density at radius 1 is 0.896 bits per heavy atom. The minimum Gasteiger partial charge on any atom is -0.468 e. The van der Waals surface area contributed by atoms with E-state index in [1.165, 1.54) is 4.90 Å². The van der Waals surface area contributed by atoms with Gasteiger partial charge in [0, 0.05) is 83.2 Å². The number of likely N-dealkylation sites (tertiary alicyclic amines) is 1. The maximum absolute atomic E-state index is 17.9. The normalized spacial score (nSPS) is 22.7. The zero-order valence-electron chi connectivity index (χ0n) is 56.2. The number of carbonyl (C=O) groups is 4. The number of fused-ring (bicyclic) bond motifs is 5. The molecule has 6 saturated heterocycles.